The van der Waals surface area contributed by atoms with Crippen molar-refractivity contribution in [3.8, 4) is 5.75 Å². The van der Waals surface area contributed by atoms with Crippen LogP contribution in [0.3, 0.4) is 0 Å². The molecule has 0 aromatic heterocycles. The number of hydrogen-bond donors (Lipinski definition) is 1. The monoisotopic (exact) mass is 310 g/mol. The lowest BCUT2D eigenvalue weighted by molar-refractivity contribution is 0.101. The summed E-state index contributed by atoms with van der Waals surface area (Å²) < 4.78 is 0.672. The van der Waals surface area contributed by atoms with Crippen LogP contribution in [0.25, 0.3) is 0 Å². The van der Waals surface area contributed by atoms with Gasteiger partial charge < -0.3 is 5.11 Å². The van der Waals surface area contributed by atoms with Gasteiger partial charge in [-0.15, -0.1) is 11.6 Å². The zero-order valence-corrected chi connectivity index (χ0v) is 9.89. The lowest BCUT2D eigenvalue weighted by Gasteiger charge is -2.05. The van der Waals surface area contributed by atoms with Crippen LogP contribution >= 0.6 is 34.2 Å². The van der Waals surface area contributed by atoms with Gasteiger partial charge in [0.05, 0.1) is 15.0 Å². The third-order valence-electron chi connectivity index (χ3n) is 1.63. The van der Waals surface area contributed by atoms with Crippen LogP contribution < -0.4 is 0 Å². The minimum Gasteiger partial charge on any atom is -0.506 e. The molecule has 0 unspecified atom stereocenters. The van der Waals surface area contributed by atoms with Crippen molar-refractivity contribution in [2.45, 2.75) is 6.92 Å². The van der Waals surface area contributed by atoms with Gasteiger partial charge in [-0.2, -0.15) is 0 Å². The van der Waals surface area contributed by atoms with Gasteiger partial charge in [0.2, 0.25) is 0 Å². The minimum atomic E-state index is -0.249. The molecule has 1 aromatic rings. The van der Waals surface area contributed by atoms with E-state index < -0.39 is 0 Å². The van der Waals surface area contributed by atoms with E-state index in [4.69, 9.17) is 11.6 Å². The first-order valence-electron chi connectivity index (χ1n) is 3.64. The summed E-state index contributed by atoms with van der Waals surface area (Å²) in [7, 11) is 0. The van der Waals surface area contributed by atoms with E-state index in [1.807, 2.05) is 29.5 Å². The van der Waals surface area contributed by atoms with E-state index in [2.05, 4.69) is 0 Å². The average Bonchev–Trinajstić information content (AvgIpc) is 2.10. The second kappa shape index (κ2) is 4.28. The number of Topliss-reactive ketones (excluding diaryl/α,β-unsaturated/α-hetero) is 1. The van der Waals surface area contributed by atoms with Gasteiger partial charge in [-0.25, -0.2) is 0 Å². The maximum Gasteiger partial charge on any atom is 0.181 e. The number of alkyl halides is 1. The average molecular weight is 311 g/mol. The fraction of sp³-hybridized carbons (Fsp3) is 0.222. The number of carbonyl (C=O) groups is 1. The van der Waals surface area contributed by atoms with Gasteiger partial charge >= 0.3 is 0 Å². The molecule has 13 heavy (non-hydrogen) atoms. The van der Waals surface area contributed by atoms with Crippen LogP contribution in [-0.4, -0.2) is 16.8 Å². The van der Waals surface area contributed by atoms with Gasteiger partial charge in [0, 0.05) is 0 Å². The molecule has 1 N–H and O–H groups in total. The summed E-state index contributed by atoms with van der Waals surface area (Å²) in [6, 6.07) is 3.45. The summed E-state index contributed by atoms with van der Waals surface area (Å²) in [5.74, 6) is -0.328. The number of aromatic hydroxyl groups is 1. The van der Waals surface area contributed by atoms with Crippen LogP contribution in [0.4, 0.5) is 0 Å². The smallest absolute Gasteiger partial charge is 0.181 e. The molecule has 0 bridgehead atoms. The van der Waals surface area contributed by atoms with E-state index in [-0.39, 0.29) is 17.4 Å². The Hall–Kier alpha value is -0.290. The van der Waals surface area contributed by atoms with Crippen LogP contribution in [0.2, 0.25) is 0 Å². The Morgan fingerprint density at radius 2 is 2.23 bits per heavy atom. The second-order valence-corrected chi connectivity index (χ2v) is 4.13. The third-order valence-corrected chi connectivity index (χ3v) is 2.69. The molecule has 1 rings (SSSR count). The maximum absolute atomic E-state index is 11.2. The first-order chi connectivity index (χ1) is 6.06. The number of hydrogen-bond acceptors (Lipinski definition) is 2. The summed E-state index contributed by atoms with van der Waals surface area (Å²) >= 11 is 7.38. The molecule has 0 spiro atoms. The molecule has 0 amide bonds. The largest absolute Gasteiger partial charge is 0.506 e. The molecule has 0 aliphatic carbocycles. The summed E-state index contributed by atoms with van der Waals surface area (Å²) in [5.41, 5.74) is 1.25. The Morgan fingerprint density at radius 1 is 1.62 bits per heavy atom. The van der Waals surface area contributed by atoms with Crippen molar-refractivity contribution in [3.05, 3.63) is 26.8 Å². The molecule has 0 heterocycles. The molecule has 2 nitrogen and oxygen atoms in total. The first-order valence-corrected chi connectivity index (χ1v) is 5.26. The second-order valence-electron chi connectivity index (χ2n) is 2.70. The molecule has 0 saturated carbocycles. The highest BCUT2D eigenvalue weighted by Crippen LogP contribution is 2.26. The molecular formula is C9H8ClIO2. The van der Waals surface area contributed by atoms with Crippen molar-refractivity contribution in [1.29, 1.82) is 0 Å². The van der Waals surface area contributed by atoms with E-state index in [1.54, 1.807) is 12.1 Å². The van der Waals surface area contributed by atoms with Crippen molar-refractivity contribution < 1.29 is 9.90 Å². The Bertz CT molecular complexity index is 350. The number of carbonyl (C=O) groups excluding carboxylic acids is 1. The molecule has 0 fully saturated rings. The molecule has 0 aliphatic rings. The molecule has 0 saturated heterocycles. The first kappa shape index (κ1) is 10.8. The maximum atomic E-state index is 11.2. The number of phenolic OH excluding ortho intramolecular Hbond substituents is 1. The molecular weight excluding hydrogens is 302 g/mol. The summed E-state index contributed by atoms with van der Waals surface area (Å²) in [6.45, 7) is 1.87. The van der Waals surface area contributed by atoms with Gasteiger partial charge in [0.25, 0.3) is 0 Å². The number of rotatable bonds is 2. The Kier molecular flexibility index (Phi) is 3.55. The van der Waals surface area contributed by atoms with Crippen LogP contribution in [0.15, 0.2) is 12.1 Å². The molecule has 0 atom stereocenters. The fourth-order valence-electron chi connectivity index (χ4n) is 1.02. The SMILES string of the molecule is Cc1cc(I)c(O)c(C(=O)CCl)c1. The standard InChI is InChI=1S/C9H8ClIO2/c1-5-2-6(8(12)4-10)9(13)7(11)3-5/h2-3,13H,4H2,1H3. The normalized spacial score (nSPS) is 10.1. The highest BCUT2D eigenvalue weighted by Gasteiger charge is 2.12. The Morgan fingerprint density at radius 3 is 2.77 bits per heavy atom. The van der Waals surface area contributed by atoms with Crippen molar-refractivity contribution >= 4 is 40.0 Å². The molecule has 1 aromatic carbocycles. The van der Waals surface area contributed by atoms with E-state index >= 15 is 0 Å². The quantitative estimate of drug-likeness (QED) is 0.518. The van der Waals surface area contributed by atoms with Crippen LogP contribution in [0.1, 0.15) is 15.9 Å². The summed E-state index contributed by atoms with van der Waals surface area (Å²) in [4.78, 5) is 11.2. The zero-order valence-electron chi connectivity index (χ0n) is 6.97. The van der Waals surface area contributed by atoms with Gasteiger partial charge in [-0.3, -0.25) is 4.79 Å². The molecule has 0 radical (unpaired) electrons. The van der Waals surface area contributed by atoms with Crippen molar-refractivity contribution in [2.75, 3.05) is 5.88 Å². The van der Waals surface area contributed by atoms with Gasteiger partial charge in [-0.05, 0) is 47.2 Å². The van der Waals surface area contributed by atoms with Crippen molar-refractivity contribution in [2.24, 2.45) is 0 Å². The number of ketones is 1. The van der Waals surface area contributed by atoms with Crippen molar-refractivity contribution in [3.63, 3.8) is 0 Å². The predicted molar refractivity (Wildman–Crippen MR) is 60.6 cm³/mol. The summed E-state index contributed by atoms with van der Waals surface area (Å²) in [5, 5.41) is 9.54. The molecule has 4 heteroatoms. The topological polar surface area (TPSA) is 37.3 Å². The van der Waals surface area contributed by atoms with Crippen LogP contribution in [0, 0.1) is 10.5 Å². The van der Waals surface area contributed by atoms with E-state index in [0.29, 0.717) is 9.13 Å². The third kappa shape index (κ3) is 2.34. The number of halogens is 2. The highest BCUT2D eigenvalue weighted by molar-refractivity contribution is 14.1. The lowest BCUT2D eigenvalue weighted by atomic mass is 10.1. The Labute approximate surface area is 95.0 Å². The van der Waals surface area contributed by atoms with E-state index in [0.717, 1.165) is 5.56 Å². The van der Waals surface area contributed by atoms with E-state index in [9.17, 15) is 9.90 Å². The number of aryl methyl sites for hydroxylation is 1. The summed E-state index contributed by atoms with van der Waals surface area (Å²) in [6.07, 6.45) is 0. The van der Waals surface area contributed by atoms with E-state index in [1.165, 1.54) is 0 Å². The minimum absolute atomic E-state index is 0.0249. The van der Waals surface area contributed by atoms with Gasteiger partial charge in [-0.1, -0.05) is 0 Å². The van der Waals surface area contributed by atoms with Crippen LogP contribution in [-0.2, 0) is 0 Å². The predicted octanol–water partition coefficient (Wildman–Crippen LogP) is 2.73. The van der Waals surface area contributed by atoms with Crippen LogP contribution in [0.5, 0.6) is 5.75 Å². The number of phenols is 1. The van der Waals surface area contributed by atoms with Gasteiger partial charge in [0.1, 0.15) is 5.75 Å². The Balaban J connectivity index is 3.28. The zero-order chi connectivity index (χ0) is 10.0. The molecule has 0 aliphatic heterocycles. The fourth-order valence-corrected chi connectivity index (χ4v) is 1.94. The highest BCUT2D eigenvalue weighted by atomic mass is 127. The lowest BCUT2D eigenvalue weighted by Crippen LogP contribution is -2.02. The van der Waals surface area contributed by atoms with Gasteiger partial charge in [0.15, 0.2) is 5.78 Å². The number of benzene rings is 1. The molecule has 70 valence electrons. The van der Waals surface area contributed by atoms with Crippen molar-refractivity contribution in [1.82, 2.24) is 0 Å².